The van der Waals surface area contributed by atoms with Crippen molar-refractivity contribution in [2.24, 2.45) is 0 Å². The number of imidazole rings is 1. The average Bonchev–Trinajstić information content (AvgIpc) is 3.47. The molecular formula is C28H26F3N9OS. The normalized spacial score (nSPS) is 13.5. The smallest absolute Gasteiger partial charge is 0.434 e. The van der Waals surface area contributed by atoms with Crippen molar-refractivity contribution in [1.82, 2.24) is 39.5 Å². The fraction of sp³-hybridized carbons (Fsp3) is 0.321. The molecule has 0 saturated heterocycles. The molecule has 0 radical (unpaired) electrons. The first-order chi connectivity index (χ1) is 20.2. The number of thiazole rings is 1. The standard InChI is InChI=1S/C28H26F3N9OS/c1-16(2)39-13-20(28(29,30)31)37-24(39)19-6-4-17(5-7-19)12-40(27-32-10-11-42-27)26-36-15-34-23(38-26)21-22(18-8-9-18)33-14-35-25(21)41-3/h4-7,10-11,13-16,18H,8-9,12H2,1-3H3. The van der Waals surface area contributed by atoms with Gasteiger partial charge in [0.15, 0.2) is 16.6 Å². The zero-order chi connectivity index (χ0) is 29.4. The maximum atomic E-state index is 13.4. The first-order valence-electron chi connectivity index (χ1n) is 13.2. The van der Waals surface area contributed by atoms with Crippen molar-refractivity contribution < 1.29 is 17.9 Å². The summed E-state index contributed by atoms with van der Waals surface area (Å²) in [6, 6.07) is 7.04. The number of hydrogen-bond acceptors (Lipinski definition) is 10. The van der Waals surface area contributed by atoms with Crippen LogP contribution in [0.4, 0.5) is 24.3 Å². The second-order valence-electron chi connectivity index (χ2n) is 10.1. The van der Waals surface area contributed by atoms with Crippen LogP contribution < -0.4 is 9.64 Å². The highest BCUT2D eigenvalue weighted by Gasteiger charge is 2.35. The third-order valence-corrected chi connectivity index (χ3v) is 7.60. The van der Waals surface area contributed by atoms with Crippen molar-refractivity contribution in [1.29, 1.82) is 0 Å². The highest BCUT2D eigenvalue weighted by atomic mass is 32.1. The van der Waals surface area contributed by atoms with Gasteiger partial charge in [0.2, 0.25) is 11.8 Å². The Labute approximate surface area is 243 Å². The van der Waals surface area contributed by atoms with Crippen molar-refractivity contribution in [3.63, 3.8) is 0 Å². The Hall–Kier alpha value is -4.46. The average molecular weight is 594 g/mol. The second-order valence-corrected chi connectivity index (χ2v) is 10.9. The molecule has 0 amide bonds. The van der Waals surface area contributed by atoms with E-state index in [4.69, 9.17) is 9.72 Å². The Balaban J connectivity index is 1.33. The lowest BCUT2D eigenvalue weighted by atomic mass is 10.1. The van der Waals surface area contributed by atoms with E-state index in [1.807, 2.05) is 36.3 Å². The molecule has 0 aliphatic heterocycles. The number of hydrogen-bond donors (Lipinski definition) is 0. The van der Waals surface area contributed by atoms with Crippen LogP contribution >= 0.6 is 11.3 Å². The lowest BCUT2D eigenvalue weighted by molar-refractivity contribution is -0.140. The van der Waals surface area contributed by atoms with E-state index < -0.39 is 11.9 Å². The number of rotatable bonds is 9. The highest BCUT2D eigenvalue weighted by molar-refractivity contribution is 7.13. The van der Waals surface area contributed by atoms with E-state index in [0.29, 0.717) is 46.4 Å². The van der Waals surface area contributed by atoms with Crippen molar-refractivity contribution in [2.45, 2.75) is 51.4 Å². The second kappa shape index (κ2) is 11.1. The number of ether oxygens (including phenoxy) is 1. The number of anilines is 2. The Morgan fingerprint density at radius 1 is 1.02 bits per heavy atom. The van der Waals surface area contributed by atoms with Crippen LogP contribution in [0.2, 0.25) is 0 Å². The fourth-order valence-electron chi connectivity index (χ4n) is 4.60. The summed E-state index contributed by atoms with van der Waals surface area (Å²) in [5, 5.41) is 2.52. The molecule has 0 N–H and O–H groups in total. The molecule has 0 atom stereocenters. The molecule has 4 heterocycles. The number of halogens is 3. The van der Waals surface area contributed by atoms with E-state index >= 15 is 0 Å². The summed E-state index contributed by atoms with van der Waals surface area (Å²) in [7, 11) is 1.55. The van der Waals surface area contributed by atoms with E-state index in [2.05, 4.69) is 29.9 Å². The molecule has 1 aliphatic carbocycles. The summed E-state index contributed by atoms with van der Waals surface area (Å²) in [5.41, 5.74) is 2.03. The minimum Gasteiger partial charge on any atom is -0.480 e. The van der Waals surface area contributed by atoms with Gasteiger partial charge >= 0.3 is 6.18 Å². The molecule has 0 bridgehead atoms. The number of nitrogens with zero attached hydrogens (tertiary/aromatic N) is 9. The molecular weight excluding hydrogens is 567 g/mol. The van der Waals surface area contributed by atoms with Gasteiger partial charge in [0.05, 0.1) is 19.3 Å². The molecule has 5 aromatic rings. The van der Waals surface area contributed by atoms with Crippen LogP contribution in [0.5, 0.6) is 5.88 Å². The first kappa shape index (κ1) is 27.7. The van der Waals surface area contributed by atoms with E-state index in [9.17, 15) is 13.2 Å². The van der Waals surface area contributed by atoms with Gasteiger partial charge < -0.3 is 9.30 Å². The zero-order valence-electron chi connectivity index (χ0n) is 22.9. The van der Waals surface area contributed by atoms with E-state index in [1.54, 1.807) is 25.4 Å². The van der Waals surface area contributed by atoms with Crippen LogP contribution in [0.15, 0.2) is 54.7 Å². The molecule has 1 aliphatic rings. The molecule has 6 rings (SSSR count). The molecule has 42 heavy (non-hydrogen) atoms. The number of benzene rings is 1. The maximum absolute atomic E-state index is 13.4. The van der Waals surface area contributed by atoms with Gasteiger partial charge in [-0.1, -0.05) is 24.3 Å². The van der Waals surface area contributed by atoms with E-state index in [1.165, 1.54) is 28.6 Å². The Bertz CT molecular complexity index is 1680. The van der Waals surface area contributed by atoms with Crippen LogP contribution in [0.1, 0.15) is 55.6 Å². The van der Waals surface area contributed by atoms with Crippen LogP contribution in [0, 0.1) is 0 Å². The molecule has 1 aromatic carbocycles. The van der Waals surface area contributed by atoms with Crippen LogP contribution in [0.3, 0.4) is 0 Å². The molecule has 1 saturated carbocycles. The quantitative estimate of drug-likeness (QED) is 0.190. The lowest BCUT2D eigenvalue weighted by Crippen LogP contribution is -2.19. The van der Waals surface area contributed by atoms with Crippen LogP contribution in [0.25, 0.3) is 22.8 Å². The number of methoxy groups -OCH3 is 1. The molecule has 14 heteroatoms. The van der Waals surface area contributed by atoms with Gasteiger partial charge in [0.1, 0.15) is 24.0 Å². The maximum Gasteiger partial charge on any atom is 0.434 e. The SMILES string of the molecule is COc1ncnc(C2CC2)c1-c1ncnc(N(Cc2ccc(-c3nc(C(F)(F)F)cn3C(C)C)cc2)c2nccs2)n1. The Morgan fingerprint density at radius 2 is 1.79 bits per heavy atom. The summed E-state index contributed by atoms with van der Waals surface area (Å²) in [6.07, 6.45) is 3.21. The third-order valence-electron chi connectivity index (χ3n) is 6.81. The largest absolute Gasteiger partial charge is 0.480 e. The monoisotopic (exact) mass is 593 g/mol. The minimum atomic E-state index is -4.53. The predicted molar refractivity (Wildman–Crippen MR) is 150 cm³/mol. The van der Waals surface area contributed by atoms with Gasteiger partial charge in [0.25, 0.3) is 0 Å². The summed E-state index contributed by atoms with van der Waals surface area (Å²) in [4.78, 5) is 32.7. The third kappa shape index (κ3) is 5.53. The van der Waals surface area contributed by atoms with Crippen LogP contribution in [-0.4, -0.2) is 46.6 Å². The predicted octanol–water partition coefficient (Wildman–Crippen LogP) is 6.47. The Kier molecular flexibility index (Phi) is 7.31. The van der Waals surface area contributed by atoms with Crippen molar-refractivity contribution in [3.05, 3.63) is 71.6 Å². The zero-order valence-corrected chi connectivity index (χ0v) is 23.8. The van der Waals surface area contributed by atoms with Crippen molar-refractivity contribution in [3.8, 4) is 28.7 Å². The minimum absolute atomic E-state index is 0.198. The lowest BCUT2D eigenvalue weighted by Gasteiger charge is -2.20. The molecule has 216 valence electrons. The van der Waals surface area contributed by atoms with Gasteiger partial charge in [-0.25, -0.2) is 29.9 Å². The summed E-state index contributed by atoms with van der Waals surface area (Å²) in [5.74, 6) is 1.74. The van der Waals surface area contributed by atoms with Gasteiger partial charge in [-0.05, 0) is 32.3 Å². The van der Waals surface area contributed by atoms with Gasteiger partial charge in [-0.15, -0.1) is 11.3 Å². The van der Waals surface area contributed by atoms with Gasteiger partial charge in [-0.3, -0.25) is 4.90 Å². The van der Waals surface area contributed by atoms with Crippen molar-refractivity contribution >= 4 is 22.4 Å². The molecule has 4 aromatic heterocycles. The Morgan fingerprint density at radius 3 is 2.43 bits per heavy atom. The topological polar surface area (TPSA) is 108 Å². The number of alkyl halides is 3. The molecule has 10 nitrogen and oxygen atoms in total. The molecule has 0 unspecified atom stereocenters. The van der Waals surface area contributed by atoms with Gasteiger partial charge in [0, 0.05) is 35.3 Å². The van der Waals surface area contributed by atoms with E-state index in [0.717, 1.165) is 30.3 Å². The van der Waals surface area contributed by atoms with Crippen LogP contribution in [-0.2, 0) is 12.7 Å². The van der Waals surface area contributed by atoms with E-state index in [-0.39, 0.29) is 11.9 Å². The summed E-state index contributed by atoms with van der Waals surface area (Å²) >= 11 is 1.43. The fourth-order valence-corrected chi connectivity index (χ4v) is 5.24. The molecule has 0 spiro atoms. The first-order valence-corrected chi connectivity index (χ1v) is 14.1. The van der Waals surface area contributed by atoms with Gasteiger partial charge in [-0.2, -0.15) is 18.2 Å². The summed E-state index contributed by atoms with van der Waals surface area (Å²) in [6.45, 7) is 3.99. The van der Waals surface area contributed by atoms with Crippen molar-refractivity contribution in [2.75, 3.05) is 12.0 Å². The highest BCUT2D eigenvalue weighted by Crippen LogP contribution is 2.45. The summed E-state index contributed by atoms with van der Waals surface area (Å²) < 4.78 is 47.2. The number of aromatic nitrogens is 8. The molecule has 1 fully saturated rings.